The van der Waals surface area contributed by atoms with Crippen LogP contribution < -0.4 is 16.4 Å². The van der Waals surface area contributed by atoms with Crippen molar-refractivity contribution in [3.63, 3.8) is 0 Å². The van der Waals surface area contributed by atoms with Gasteiger partial charge in [-0.15, -0.1) is 0 Å². The second-order valence-corrected chi connectivity index (χ2v) is 10.3. The Hall–Kier alpha value is -3.53. The summed E-state index contributed by atoms with van der Waals surface area (Å²) >= 11 is 0. The summed E-state index contributed by atoms with van der Waals surface area (Å²) in [5.41, 5.74) is 7.72. The van der Waals surface area contributed by atoms with E-state index in [0.717, 1.165) is 31.6 Å². The molecule has 1 fully saturated rings. The Labute approximate surface area is 245 Å². The number of anilines is 1. The first-order valence-electron chi connectivity index (χ1n) is 14.1. The van der Waals surface area contributed by atoms with Crippen LogP contribution in [0.25, 0.3) is 10.9 Å². The second-order valence-electron chi connectivity index (χ2n) is 10.3. The number of halogens is 3. The maximum atomic E-state index is 13.5. The second kappa shape index (κ2) is 16.8. The SMILES string of the molecule is C/C(N)=C/C=NCCOCCOCCC1CN(C)CCC1Nc1cccc2c1cc(C#CCNC=O)n2CC(F)(F)F. The smallest absolute Gasteiger partial charge is 0.402 e. The van der Waals surface area contributed by atoms with Crippen molar-refractivity contribution >= 4 is 29.2 Å². The Morgan fingerprint density at radius 1 is 1.24 bits per heavy atom. The summed E-state index contributed by atoms with van der Waals surface area (Å²) in [5.74, 6) is 5.80. The number of hydrogen-bond acceptors (Lipinski definition) is 7. The topological polar surface area (TPSA) is 106 Å². The summed E-state index contributed by atoms with van der Waals surface area (Å²) in [7, 11) is 2.09. The van der Waals surface area contributed by atoms with E-state index in [1.54, 1.807) is 37.4 Å². The number of ether oxygens (including phenoxy) is 2. The number of nitrogens with two attached hydrogens (primary N) is 1. The van der Waals surface area contributed by atoms with Crippen molar-refractivity contribution in [1.82, 2.24) is 14.8 Å². The van der Waals surface area contributed by atoms with E-state index in [1.165, 1.54) is 4.57 Å². The number of alkyl halides is 3. The van der Waals surface area contributed by atoms with Crippen molar-refractivity contribution in [3.05, 3.63) is 41.7 Å². The van der Waals surface area contributed by atoms with Crippen LogP contribution in [0.15, 0.2) is 41.0 Å². The zero-order valence-corrected chi connectivity index (χ0v) is 24.3. The number of carbonyl (C=O) groups is 1. The van der Waals surface area contributed by atoms with Gasteiger partial charge in [-0.3, -0.25) is 9.79 Å². The lowest BCUT2D eigenvalue weighted by Crippen LogP contribution is -2.45. The zero-order chi connectivity index (χ0) is 30.4. The zero-order valence-electron chi connectivity index (χ0n) is 24.3. The van der Waals surface area contributed by atoms with E-state index in [9.17, 15) is 18.0 Å². The van der Waals surface area contributed by atoms with Crippen LogP contribution >= 0.6 is 0 Å². The third-order valence-corrected chi connectivity index (χ3v) is 6.86. The lowest BCUT2D eigenvalue weighted by molar-refractivity contribution is -0.140. The minimum atomic E-state index is -4.41. The fourth-order valence-electron chi connectivity index (χ4n) is 4.91. The van der Waals surface area contributed by atoms with E-state index in [1.807, 2.05) is 6.07 Å². The molecule has 1 aromatic carbocycles. The number of aromatic nitrogens is 1. The molecule has 9 nitrogen and oxygen atoms in total. The molecule has 3 rings (SSSR count). The molecule has 0 spiro atoms. The minimum Gasteiger partial charge on any atom is -0.402 e. The molecule has 1 aliphatic rings. The van der Waals surface area contributed by atoms with E-state index in [0.29, 0.717) is 61.9 Å². The molecule has 2 aromatic rings. The van der Waals surface area contributed by atoms with Crippen LogP contribution in [0.1, 0.15) is 25.5 Å². The highest BCUT2D eigenvalue weighted by Crippen LogP contribution is 2.32. The number of fused-ring (bicyclic) bond motifs is 1. The third kappa shape index (κ3) is 11.0. The predicted octanol–water partition coefficient (Wildman–Crippen LogP) is 3.39. The van der Waals surface area contributed by atoms with Gasteiger partial charge in [0, 0.05) is 42.2 Å². The fraction of sp³-hybridized carbons (Fsp3) is 0.533. The van der Waals surface area contributed by atoms with Crippen molar-refractivity contribution in [2.45, 2.75) is 38.5 Å². The van der Waals surface area contributed by atoms with E-state index >= 15 is 0 Å². The summed E-state index contributed by atoms with van der Waals surface area (Å²) in [6.07, 6.45) is 1.23. The number of likely N-dealkylation sites (tertiary alicyclic amines) is 1. The number of nitrogens with zero attached hydrogens (tertiary/aromatic N) is 3. The first-order valence-corrected chi connectivity index (χ1v) is 14.1. The Kier molecular flexibility index (Phi) is 13.2. The molecule has 0 bridgehead atoms. The van der Waals surface area contributed by atoms with E-state index in [-0.39, 0.29) is 18.3 Å². The molecular formula is C30H41F3N6O3. The molecule has 1 aromatic heterocycles. The lowest BCUT2D eigenvalue weighted by Gasteiger charge is -2.38. The highest BCUT2D eigenvalue weighted by atomic mass is 19.4. The van der Waals surface area contributed by atoms with Crippen molar-refractivity contribution < 1.29 is 27.4 Å². The molecule has 0 aliphatic carbocycles. The molecule has 1 saturated heterocycles. The molecule has 42 heavy (non-hydrogen) atoms. The van der Waals surface area contributed by atoms with Gasteiger partial charge in [0.1, 0.15) is 6.54 Å². The minimum absolute atomic E-state index is 0.0506. The summed E-state index contributed by atoms with van der Waals surface area (Å²) in [4.78, 5) is 17.0. The van der Waals surface area contributed by atoms with E-state index < -0.39 is 12.7 Å². The Morgan fingerprint density at radius 2 is 2.02 bits per heavy atom. The summed E-state index contributed by atoms with van der Waals surface area (Å²) in [6, 6.07) is 7.15. The Balaban J connectivity index is 1.61. The third-order valence-electron chi connectivity index (χ3n) is 6.86. The number of rotatable bonds is 15. The van der Waals surface area contributed by atoms with Crippen LogP contribution in [0.4, 0.5) is 18.9 Å². The average molecular weight is 591 g/mol. The van der Waals surface area contributed by atoms with Gasteiger partial charge in [-0.1, -0.05) is 12.0 Å². The standard InChI is InChI=1S/C30H41F3N6O3/c1-23(34)8-12-35-13-16-42-18-17-41-15-10-24-20-38(2)14-9-27(24)37-28-6-3-7-29-26(28)19-25(5-4-11-36-22-40)39(29)21-30(31,32)33/h3,6-8,12,19,22,24,27,37H,9-11,13-18,20-21,34H2,1-2H3,(H,36,40)/b23-8-,35-12?. The van der Waals surface area contributed by atoms with Crippen LogP contribution in [-0.2, 0) is 20.8 Å². The van der Waals surface area contributed by atoms with Gasteiger partial charge in [-0.25, -0.2) is 0 Å². The van der Waals surface area contributed by atoms with Crippen LogP contribution in [0, 0.1) is 17.8 Å². The normalized spacial score (nSPS) is 18.3. The fourth-order valence-corrected chi connectivity index (χ4v) is 4.91. The average Bonchev–Trinajstić information content (AvgIpc) is 3.27. The molecule has 2 atom stereocenters. The molecule has 1 aliphatic heterocycles. The van der Waals surface area contributed by atoms with Crippen molar-refractivity contribution in [3.8, 4) is 11.8 Å². The number of amides is 1. The molecule has 0 saturated carbocycles. The highest BCUT2D eigenvalue weighted by molar-refractivity contribution is 5.94. The number of nitrogens with one attached hydrogen (secondary N) is 2. The largest absolute Gasteiger partial charge is 0.406 e. The van der Waals surface area contributed by atoms with Gasteiger partial charge in [-0.05, 0) is 69.5 Å². The maximum absolute atomic E-state index is 13.5. The summed E-state index contributed by atoms with van der Waals surface area (Å²) in [6.45, 7) is 5.13. The van der Waals surface area contributed by atoms with Crippen molar-refractivity contribution in [2.24, 2.45) is 16.6 Å². The monoisotopic (exact) mass is 590 g/mol. The molecule has 1 amide bonds. The number of hydrogen-bond donors (Lipinski definition) is 3. The Bertz CT molecular complexity index is 1260. The van der Waals surface area contributed by atoms with E-state index in [4.69, 9.17) is 15.2 Å². The summed E-state index contributed by atoms with van der Waals surface area (Å²) in [5, 5.41) is 6.72. The number of piperidine rings is 1. The van der Waals surface area contributed by atoms with Crippen LogP contribution in [0.2, 0.25) is 0 Å². The first-order chi connectivity index (χ1) is 20.2. The first kappa shape index (κ1) is 33.0. The number of allylic oxidation sites excluding steroid dienone is 2. The summed E-state index contributed by atoms with van der Waals surface area (Å²) < 4.78 is 52.9. The molecule has 0 radical (unpaired) electrons. The molecular weight excluding hydrogens is 549 g/mol. The van der Waals surface area contributed by atoms with Crippen LogP contribution in [0.3, 0.4) is 0 Å². The van der Waals surface area contributed by atoms with Crippen LogP contribution in [-0.4, -0.2) is 94.0 Å². The number of aliphatic imine (C=N–C) groups is 1. The number of benzene rings is 1. The van der Waals surface area contributed by atoms with Gasteiger partial charge in [-0.2, -0.15) is 13.2 Å². The van der Waals surface area contributed by atoms with Gasteiger partial charge in [0.25, 0.3) is 0 Å². The van der Waals surface area contributed by atoms with Gasteiger partial charge >= 0.3 is 6.18 Å². The van der Waals surface area contributed by atoms with E-state index in [2.05, 4.69) is 39.4 Å². The van der Waals surface area contributed by atoms with Gasteiger partial charge in [0.15, 0.2) is 0 Å². The van der Waals surface area contributed by atoms with Gasteiger partial charge < -0.3 is 35.3 Å². The van der Waals surface area contributed by atoms with Crippen molar-refractivity contribution in [1.29, 1.82) is 0 Å². The molecule has 230 valence electrons. The van der Waals surface area contributed by atoms with Crippen LogP contribution in [0.5, 0.6) is 0 Å². The maximum Gasteiger partial charge on any atom is 0.406 e. The highest BCUT2D eigenvalue weighted by Gasteiger charge is 2.31. The van der Waals surface area contributed by atoms with Crippen molar-refractivity contribution in [2.75, 3.05) is 65.0 Å². The molecule has 4 N–H and O–H groups in total. The number of carbonyl (C=O) groups excluding carboxylic acids is 1. The molecule has 2 unspecified atom stereocenters. The lowest BCUT2D eigenvalue weighted by atomic mass is 9.89. The molecule has 12 heteroatoms. The Morgan fingerprint density at radius 3 is 2.76 bits per heavy atom. The quantitative estimate of drug-likeness (QED) is 0.127. The van der Waals surface area contributed by atoms with Gasteiger partial charge in [0.05, 0.1) is 44.1 Å². The predicted molar refractivity (Wildman–Crippen MR) is 160 cm³/mol. The van der Waals surface area contributed by atoms with Gasteiger partial charge in [0.2, 0.25) is 6.41 Å². The molecule has 2 heterocycles.